The first-order valence-electron chi connectivity index (χ1n) is 11.4. The Morgan fingerprint density at radius 2 is 1.97 bits per heavy atom. The highest BCUT2D eigenvalue weighted by molar-refractivity contribution is 5.87. The Balaban J connectivity index is 1.49. The molecule has 172 valence electrons. The highest BCUT2D eigenvalue weighted by atomic mass is 16.5. The molecule has 1 saturated heterocycles. The van der Waals surface area contributed by atoms with Crippen LogP contribution in [-0.4, -0.2) is 43.2 Å². The number of carbonyl (C=O) groups excluding carboxylic acids is 1. The van der Waals surface area contributed by atoms with E-state index in [4.69, 9.17) is 15.5 Å². The predicted octanol–water partition coefficient (Wildman–Crippen LogP) is 4.45. The van der Waals surface area contributed by atoms with Crippen molar-refractivity contribution in [2.75, 3.05) is 18.8 Å². The number of nitrogen functional groups attached to an aromatic ring is 1. The monoisotopic (exact) mass is 454 g/mol. The first-order chi connectivity index (χ1) is 16.6. The number of fused-ring (bicyclic) bond motifs is 1. The van der Waals surface area contributed by atoms with Crippen LogP contribution in [0, 0.1) is 0 Å². The van der Waals surface area contributed by atoms with E-state index in [2.05, 4.69) is 9.97 Å². The summed E-state index contributed by atoms with van der Waals surface area (Å²) in [4.78, 5) is 27.9. The van der Waals surface area contributed by atoms with Crippen LogP contribution in [0.15, 0.2) is 73.1 Å². The second-order valence-corrected chi connectivity index (χ2v) is 8.26. The van der Waals surface area contributed by atoms with Crippen LogP contribution in [0.3, 0.4) is 0 Å². The lowest BCUT2D eigenvalue weighted by molar-refractivity contribution is -0.127. The molecule has 1 aromatic carbocycles. The molecule has 1 fully saturated rings. The maximum atomic E-state index is 12.4. The van der Waals surface area contributed by atoms with Gasteiger partial charge in [0.1, 0.15) is 11.6 Å². The Labute approximate surface area is 197 Å². The van der Waals surface area contributed by atoms with Crippen LogP contribution >= 0.6 is 0 Å². The van der Waals surface area contributed by atoms with Gasteiger partial charge in [0, 0.05) is 43.0 Å². The zero-order valence-corrected chi connectivity index (χ0v) is 19.0. The summed E-state index contributed by atoms with van der Waals surface area (Å²) in [6.07, 6.45) is 8.69. The molecule has 1 unspecified atom stereocenters. The third kappa shape index (κ3) is 4.22. The average Bonchev–Trinajstić information content (AvgIpc) is 3.26. The minimum atomic E-state index is 0.0422. The smallest absolute Gasteiger partial charge is 0.246 e. The maximum Gasteiger partial charge on any atom is 0.246 e. The standard InChI is InChI=1S/C26H26N6O2/c1-2-6-23(33)31-16-5-7-19(17-31)24-21-13-15-29-26(27)32(21)25(30-24)18-9-11-20(12-10-18)34-22-8-3-4-14-28-22/h2-4,6,8-15,19H,5,7,16-17H2,1H3,(H2,27,29)/b6-2+. The van der Waals surface area contributed by atoms with Gasteiger partial charge in [-0.25, -0.2) is 15.0 Å². The lowest BCUT2D eigenvalue weighted by Crippen LogP contribution is -2.38. The molecule has 1 atom stereocenters. The molecule has 3 aromatic heterocycles. The number of benzene rings is 1. The van der Waals surface area contributed by atoms with E-state index in [9.17, 15) is 4.79 Å². The van der Waals surface area contributed by atoms with Crippen molar-refractivity contribution >= 4 is 17.4 Å². The molecule has 1 amide bonds. The minimum Gasteiger partial charge on any atom is -0.439 e. The molecule has 0 spiro atoms. The third-order valence-corrected chi connectivity index (χ3v) is 6.01. The largest absolute Gasteiger partial charge is 0.439 e. The fourth-order valence-electron chi connectivity index (χ4n) is 4.43. The van der Waals surface area contributed by atoms with Crippen LogP contribution in [0.5, 0.6) is 11.6 Å². The number of allylic oxidation sites excluding steroid dienone is 1. The molecule has 34 heavy (non-hydrogen) atoms. The van der Waals surface area contributed by atoms with Gasteiger partial charge in [-0.15, -0.1) is 0 Å². The zero-order chi connectivity index (χ0) is 23.5. The van der Waals surface area contributed by atoms with Gasteiger partial charge in [0.25, 0.3) is 0 Å². The van der Waals surface area contributed by atoms with Crippen molar-refractivity contribution in [2.45, 2.75) is 25.7 Å². The number of imidazole rings is 1. The summed E-state index contributed by atoms with van der Waals surface area (Å²) in [7, 11) is 0. The van der Waals surface area contributed by atoms with Crippen molar-refractivity contribution < 1.29 is 9.53 Å². The van der Waals surface area contributed by atoms with Crippen molar-refractivity contribution in [1.82, 2.24) is 24.3 Å². The molecule has 0 saturated carbocycles. The number of carbonyl (C=O) groups is 1. The van der Waals surface area contributed by atoms with Crippen molar-refractivity contribution in [1.29, 1.82) is 0 Å². The van der Waals surface area contributed by atoms with Crippen molar-refractivity contribution in [2.24, 2.45) is 0 Å². The molecule has 4 heterocycles. The van der Waals surface area contributed by atoms with Gasteiger partial charge >= 0.3 is 0 Å². The van der Waals surface area contributed by atoms with E-state index in [1.54, 1.807) is 24.5 Å². The van der Waals surface area contributed by atoms with Crippen LogP contribution in [0.4, 0.5) is 5.95 Å². The molecule has 2 N–H and O–H groups in total. The first kappa shape index (κ1) is 21.6. The molecule has 1 aliphatic heterocycles. The molecule has 4 aromatic rings. The maximum absolute atomic E-state index is 12.4. The number of anilines is 1. The van der Waals surface area contributed by atoms with Crippen molar-refractivity contribution in [3.8, 4) is 23.0 Å². The molecular formula is C26H26N6O2. The second kappa shape index (κ2) is 9.35. The number of aromatic nitrogens is 4. The summed E-state index contributed by atoms with van der Waals surface area (Å²) in [5.41, 5.74) is 9.04. The average molecular weight is 455 g/mol. The van der Waals surface area contributed by atoms with Crippen LogP contribution in [0.1, 0.15) is 31.4 Å². The van der Waals surface area contributed by atoms with Gasteiger partial charge < -0.3 is 15.4 Å². The van der Waals surface area contributed by atoms with E-state index in [1.165, 1.54) is 0 Å². The number of nitrogens with zero attached hydrogens (tertiary/aromatic N) is 5. The first-order valence-corrected chi connectivity index (χ1v) is 11.4. The molecule has 8 nitrogen and oxygen atoms in total. The minimum absolute atomic E-state index is 0.0422. The number of nitrogens with two attached hydrogens (primary N) is 1. The lowest BCUT2D eigenvalue weighted by atomic mass is 9.94. The van der Waals surface area contributed by atoms with Gasteiger partial charge in [-0.1, -0.05) is 12.1 Å². The van der Waals surface area contributed by atoms with Crippen molar-refractivity contribution in [3.05, 3.63) is 78.8 Å². The fourth-order valence-corrected chi connectivity index (χ4v) is 4.43. The summed E-state index contributed by atoms with van der Waals surface area (Å²) < 4.78 is 7.70. The van der Waals surface area contributed by atoms with E-state index in [-0.39, 0.29) is 11.8 Å². The van der Waals surface area contributed by atoms with Gasteiger partial charge in [0.15, 0.2) is 0 Å². The summed E-state index contributed by atoms with van der Waals surface area (Å²) in [5, 5.41) is 0. The van der Waals surface area contributed by atoms with Crippen LogP contribution < -0.4 is 10.5 Å². The van der Waals surface area contributed by atoms with E-state index in [1.807, 2.05) is 64.8 Å². The van der Waals surface area contributed by atoms with E-state index < -0.39 is 0 Å². The van der Waals surface area contributed by atoms with Gasteiger partial charge in [-0.2, -0.15) is 0 Å². The predicted molar refractivity (Wildman–Crippen MR) is 131 cm³/mol. The Bertz CT molecular complexity index is 1330. The topological polar surface area (TPSA) is 98.6 Å². The summed E-state index contributed by atoms with van der Waals surface area (Å²) >= 11 is 0. The Kier molecular flexibility index (Phi) is 5.95. The fraction of sp³-hybridized carbons (Fsp3) is 0.231. The second-order valence-electron chi connectivity index (χ2n) is 8.26. The number of likely N-dealkylation sites (tertiary alicyclic amines) is 1. The molecule has 8 heteroatoms. The van der Waals surface area contributed by atoms with Crippen molar-refractivity contribution in [3.63, 3.8) is 0 Å². The van der Waals surface area contributed by atoms with Crippen LogP contribution in [0.25, 0.3) is 16.9 Å². The Morgan fingerprint density at radius 3 is 2.74 bits per heavy atom. The van der Waals surface area contributed by atoms with Gasteiger partial charge in [-0.05, 0) is 62.2 Å². The highest BCUT2D eigenvalue weighted by Gasteiger charge is 2.28. The number of piperidine rings is 1. The molecule has 1 aliphatic rings. The molecular weight excluding hydrogens is 428 g/mol. The summed E-state index contributed by atoms with van der Waals surface area (Å²) in [6.45, 7) is 3.26. The van der Waals surface area contributed by atoms with E-state index in [0.29, 0.717) is 24.1 Å². The summed E-state index contributed by atoms with van der Waals surface area (Å²) in [5.74, 6) is 2.47. The SMILES string of the molecule is C/C=C/C(=O)N1CCCC(c2nc(-c3ccc(Oc4ccccn4)cc3)n3c(N)nccc23)C1. The normalized spacial score (nSPS) is 16.3. The van der Waals surface area contributed by atoms with E-state index >= 15 is 0 Å². The molecule has 0 bridgehead atoms. The summed E-state index contributed by atoms with van der Waals surface area (Å²) in [6, 6.07) is 15.1. The highest BCUT2D eigenvalue weighted by Crippen LogP contribution is 2.34. The molecule has 0 aliphatic carbocycles. The number of rotatable bonds is 5. The van der Waals surface area contributed by atoms with E-state index in [0.717, 1.165) is 42.0 Å². The lowest BCUT2D eigenvalue weighted by Gasteiger charge is -2.31. The van der Waals surface area contributed by atoms with Gasteiger partial charge in [0.2, 0.25) is 17.7 Å². The number of hydrogen-bond acceptors (Lipinski definition) is 6. The number of amides is 1. The Morgan fingerprint density at radius 1 is 1.12 bits per heavy atom. The van der Waals surface area contributed by atoms with Crippen LogP contribution in [0.2, 0.25) is 0 Å². The number of pyridine rings is 1. The molecule has 0 radical (unpaired) electrons. The Hall–Kier alpha value is -4.20. The van der Waals surface area contributed by atoms with Gasteiger partial charge in [-0.3, -0.25) is 9.20 Å². The third-order valence-electron chi connectivity index (χ3n) is 6.01. The molecule has 5 rings (SSSR count). The number of hydrogen-bond donors (Lipinski definition) is 1. The quantitative estimate of drug-likeness (QED) is 0.448. The zero-order valence-electron chi connectivity index (χ0n) is 19.0. The van der Waals surface area contributed by atoms with Gasteiger partial charge in [0.05, 0.1) is 11.2 Å². The van der Waals surface area contributed by atoms with Crippen LogP contribution in [-0.2, 0) is 4.79 Å². The number of ether oxygens (including phenoxy) is 1.